The molecule has 185 valence electrons. The van der Waals surface area contributed by atoms with Crippen LogP contribution in [-0.4, -0.2) is 40.4 Å². The van der Waals surface area contributed by atoms with Crippen LogP contribution in [0.1, 0.15) is 27.7 Å². The van der Waals surface area contributed by atoms with Gasteiger partial charge in [-0.25, -0.2) is 0 Å². The van der Waals surface area contributed by atoms with Crippen molar-refractivity contribution in [2.45, 2.75) is 37.5 Å². The molecular weight excluding hydrogens is 748 g/mol. The van der Waals surface area contributed by atoms with E-state index in [1.165, 1.54) is 30.7 Å². The first-order valence-electron chi connectivity index (χ1n) is 8.99. The first kappa shape index (κ1) is 44.7. The molecule has 0 spiro atoms. The maximum atomic E-state index is 5.66. The zero-order chi connectivity index (χ0) is 22.8. The van der Waals surface area contributed by atoms with Crippen LogP contribution in [0, 0.1) is 0 Å². The number of benzene rings is 1. The molecular formula is C20H24Cl4Mo2NO2S4. The summed E-state index contributed by atoms with van der Waals surface area (Å²) in [6, 6.07) is 3.28. The largest absolute Gasteiger partial charge is 3.00 e. The number of thiocarbonyl (C=S) groups is 2. The molecule has 1 aromatic carbocycles. The maximum Gasteiger partial charge on any atom is 3.00 e. The fourth-order valence-electron chi connectivity index (χ4n) is 2.37. The van der Waals surface area contributed by atoms with Crippen LogP contribution in [0.15, 0.2) is 44.1 Å². The molecule has 2 rings (SSSR count). The number of allylic oxidation sites excluding steroid dienone is 4. The van der Waals surface area contributed by atoms with Crippen molar-refractivity contribution >= 4 is 106 Å². The molecule has 1 aliphatic carbocycles. The second-order valence-electron chi connectivity index (χ2n) is 5.98. The van der Waals surface area contributed by atoms with E-state index in [0.29, 0.717) is 39.6 Å². The molecule has 0 fully saturated rings. The summed E-state index contributed by atoms with van der Waals surface area (Å²) in [4.78, 5) is 1.85. The van der Waals surface area contributed by atoms with Crippen molar-refractivity contribution in [2.75, 3.05) is 26.2 Å². The molecule has 3 nitrogen and oxygen atoms in total. The zero-order valence-corrected chi connectivity index (χ0v) is 28.7. The number of halogens is 4. The van der Waals surface area contributed by atoms with Crippen molar-refractivity contribution in [2.24, 2.45) is 0 Å². The third kappa shape index (κ3) is 14.9. The Morgan fingerprint density at radius 3 is 1.12 bits per heavy atom. The van der Waals surface area contributed by atoms with Crippen molar-refractivity contribution in [3.8, 4) is 0 Å². The first-order valence-corrected chi connectivity index (χ1v) is 12.1. The molecule has 0 saturated heterocycles. The van der Waals surface area contributed by atoms with Gasteiger partial charge in [0.2, 0.25) is 0 Å². The summed E-state index contributed by atoms with van der Waals surface area (Å²) in [7, 11) is 0. The quantitative estimate of drug-likeness (QED) is 0.138. The molecule has 0 aromatic heterocycles. The van der Waals surface area contributed by atoms with Gasteiger partial charge >= 0.3 is 42.1 Å². The topological polar surface area (TPSA) is 57.0 Å². The van der Waals surface area contributed by atoms with Crippen LogP contribution in [0.5, 0.6) is 0 Å². The Kier molecular flexibility index (Phi) is 31.0. The second kappa shape index (κ2) is 22.9. The molecule has 0 N–H and O–H groups in total. The number of rotatable bonds is 4. The molecule has 0 atom stereocenters. The van der Waals surface area contributed by atoms with Crippen LogP contribution in [0.4, 0.5) is 0 Å². The van der Waals surface area contributed by atoms with E-state index in [1.54, 1.807) is 24.3 Å². The summed E-state index contributed by atoms with van der Waals surface area (Å²) in [6.07, 6.45) is 3.28. The Balaban J connectivity index is -0.000000112. The Labute approximate surface area is 268 Å². The number of nitrogens with zero attached hydrogens (tertiary/aromatic N) is 1. The van der Waals surface area contributed by atoms with E-state index < -0.39 is 0 Å². The smallest absolute Gasteiger partial charge is 2.00 e. The average molecular weight is 772 g/mol. The number of quaternary nitrogens is 1. The Morgan fingerprint density at radius 2 is 0.939 bits per heavy atom. The van der Waals surface area contributed by atoms with Crippen LogP contribution in [0.25, 0.3) is 0 Å². The summed E-state index contributed by atoms with van der Waals surface area (Å²) >= 11 is 42.1. The third-order valence-electron chi connectivity index (χ3n) is 4.72. The number of hydrogen-bond donors (Lipinski definition) is 0. The molecule has 0 aliphatic heterocycles. The van der Waals surface area contributed by atoms with Crippen LogP contribution in [0.3, 0.4) is 0 Å². The van der Waals surface area contributed by atoms with Gasteiger partial charge in [-0.15, -0.1) is 0 Å². The van der Waals surface area contributed by atoms with Crippen molar-refractivity contribution in [3.05, 3.63) is 44.4 Å². The maximum absolute atomic E-state index is 5.66. The number of hydrogen-bond acceptors (Lipinski definition) is 4. The molecule has 33 heavy (non-hydrogen) atoms. The molecule has 0 heterocycles. The zero-order valence-electron chi connectivity index (χ0n) is 18.4. The van der Waals surface area contributed by atoms with Gasteiger partial charge in [0.05, 0.1) is 46.0 Å². The molecule has 0 saturated carbocycles. The van der Waals surface area contributed by atoms with Gasteiger partial charge in [-0.2, -0.15) is 9.79 Å². The van der Waals surface area contributed by atoms with Crippen molar-refractivity contribution in [3.63, 3.8) is 0 Å². The van der Waals surface area contributed by atoms with Gasteiger partial charge < -0.3 is 40.7 Å². The van der Waals surface area contributed by atoms with Gasteiger partial charge in [0.1, 0.15) is 0 Å². The third-order valence-corrected chi connectivity index (χ3v) is 8.38. The second-order valence-corrected chi connectivity index (χ2v) is 9.24. The fraction of sp³-hybridized carbons (Fsp3) is 0.400. The van der Waals surface area contributed by atoms with E-state index in [4.69, 9.17) is 96.1 Å². The van der Waals surface area contributed by atoms with E-state index in [-0.39, 0.29) is 53.1 Å². The molecule has 0 unspecified atom stereocenters. The summed E-state index contributed by atoms with van der Waals surface area (Å²) in [5.41, 5.74) is 0. The summed E-state index contributed by atoms with van der Waals surface area (Å²) in [5, 5.41) is 1.96. The monoisotopic (exact) mass is 774 g/mol. The Morgan fingerprint density at radius 1 is 0.697 bits per heavy atom. The van der Waals surface area contributed by atoms with Crippen molar-refractivity contribution in [1.82, 2.24) is 0 Å². The Bertz CT molecular complexity index is 728. The molecule has 1 aliphatic rings. The van der Waals surface area contributed by atoms with E-state index in [0.717, 1.165) is 0 Å². The van der Waals surface area contributed by atoms with E-state index in [2.05, 4.69) is 27.7 Å². The van der Waals surface area contributed by atoms with Gasteiger partial charge in [-0.05, 0) is 52.0 Å². The molecule has 13 heteroatoms. The standard InChI is InChI=1S/C8H20N.C6H4Cl2S2.C6H2Cl2S2.2Mo.2O/c1-5-9(6-2,7-3)8-4;2*7-3-1-2-4(8)6(10)5(3)9;;;;/h5-8H2,1-4H3;1-2,9-10H;1-2H;;;;/q+1;;;+2;+3;2*-2/p-2. The summed E-state index contributed by atoms with van der Waals surface area (Å²) in [5.74, 6) is 0. The minimum absolute atomic E-state index is 0. The summed E-state index contributed by atoms with van der Waals surface area (Å²) < 4.78 is 1.28. The fourth-order valence-corrected chi connectivity index (χ4v) is 3.94. The van der Waals surface area contributed by atoms with E-state index >= 15 is 0 Å². The predicted molar refractivity (Wildman–Crippen MR) is 145 cm³/mol. The SMILES string of the molecule is CC[N+](CC)(CC)CC.S=C1C(=S)C(Cl)=CC=C1Cl.[Mo+2].[Mo+3].[O-2].[O-2].[S-]c1c(Cl)ccc(Cl)c1[S-]. The molecule has 1 aromatic rings. The Hall–Kier alpha value is 1.74. The van der Waals surface area contributed by atoms with Crippen LogP contribution in [0.2, 0.25) is 10.0 Å². The molecule has 0 bridgehead atoms. The van der Waals surface area contributed by atoms with Gasteiger partial charge in [-0.3, -0.25) is 0 Å². The van der Waals surface area contributed by atoms with Gasteiger partial charge in [0, 0.05) is 10.0 Å². The van der Waals surface area contributed by atoms with Crippen LogP contribution in [-0.2, 0) is 78.3 Å². The summed E-state index contributed by atoms with van der Waals surface area (Å²) in [6.45, 7) is 14.2. The molecule has 0 amide bonds. The predicted octanol–water partition coefficient (Wildman–Crippen LogP) is 7.43. The van der Waals surface area contributed by atoms with Crippen LogP contribution < -0.4 is 0 Å². The van der Waals surface area contributed by atoms with E-state index in [1.807, 2.05) is 0 Å². The van der Waals surface area contributed by atoms with E-state index in [9.17, 15) is 0 Å². The van der Waals surface area contributed by atoms with Crippen molar-refractivity contribution in [1.29, 1.82) is 0 Å². The normalized spacial score (nSPS) is 11.9. The minimum atomic E-state index is 0. The van der Waals surface area contributed by atoms with Crippen LogP contribution >= 0.6 is 70.8 Å². The first-order chi connectivity index (χ1) is 13.5. The van der Waals surface area contributed by atoms with Gasteiger partial charge in [0.15, 0.2) is 0 Å². The van der Waals surface area contributed by atoms with Crippen molar-refractivity contribution < 1.29 is 57.6 Å². The van der Waals surface area contributed by atoms with Gasteiger partial charge in [0.25, 0.3) is 0 Å². The average Bonchev–Trinajstić information content (AvgIpc) is 2.74. The van der Waals surface area contributed by atoms with Gasteiger partial charge in [-0.1, -0.05) is 70.8 Å². The minimum Gasteiger partial charge on any atom is -2.00 e. The molecule has 1 radical (unpaired) electrons.